The van der Waals surface area contributed by atoms with E-state index >= 15 is 0 Å². The SMILES string of the molecule is COCCCc1noc(-c2ccc(CN)cn2)n1. The minimum atomic E-state index is 0.436. The van der Waals surface area contributed by atoms with Crippen LogP contribution in [0, 0.1) is 0 Å². The van der Waals surface area contributed by atoms with Crippen molar-refractivity contribution in [3.63, 3.8) is 0 Å². The second-order valence-corrected chi connectivity index (χ2v) is 3.87. The summed E-state index contributed by atoms with van der Waals surface area (Å²) in [6.45, 7) is 1.16. The predicted octanol–water partition coefficient (Wildman–Crippen LogP) is 1.17. The highest BCUT2D eigenvalue weighted by atomic mass is 16.5. The van der Waals surface area contributed by atoms with E-state index in [0.29, 0.717) is 30.6 Å². The van der Waals surface area contributed by atoms with Crippen molar-refractivity contribution in [1.29, 1.82) is 0 Å². The van der Waals surface area contributed by atoms with Gasteiger partial charge in [0.15, 0.2) is 5.82 Å². The Hall–Kier alpha value is -1.79. The quantitative estimate of drug-likeness (QED) is 0.772. The first kappa shape index (κ1) is 12.7. The van der Waals surface area contributed by atoms with Gasteiger partial charge in [0.1, 0.15) is 5.69 Å². The summed E-state index contributed by atoms with van der Waals surface area (Å²) >= 11 is 0. The molecule has 0 saturated carbocycles. The van der Waals surface area contributed by atoms with E-state index in [9.17, 15) is 0 Å². The Kier molecular flexibility index (Phi) is 4.38. The number of hydrogen-bond donors (Lipinski definition) is 1. The first-order valence-electron chi connectivity index (χ1n) is 5.80. The lowest BCUT2D eigenvalue weighted by Gasteiger charge is -1.96. The highest BCUT2D eigenvalue weighted by Crippen LogP contribution is 2.15. The average Bonchev–Trinajstić information content (AvgIpc) is 2.88. The second kappa shape index (κ2) is 6.23. The predicted molar refractivity (Wildman–Crippen MR) is 65.6 cm³/mol. The van der Waals surface area contributed by atoms with Crippen molar-refractivity contribution < 1.29 is 9.26 Å². The van der Waals surface area contributed by atoms with Gasteiger partial charge in [-0.15, -0.1) is 0 Å². The van der Waals surface area contributed by atoms with E-state index in [2.05, 4.69) is 15.1 Å². The van der Waals surface area contributed by atoms with Gasteiger partial charge in [-0.25, -0.2) is 0 Å². The molecule has 2 rings (SSSR count). The Morgan fingerprint density at radius 2 is 2.28 bits per heavy atom. The number of aryl methyl sites for hydroxylation is 1. The van der Waals surface area contributed by atoms with Crippen molar-refractivity contribution in [1.82, 2.24) is 15.1 Å². The summed E-state index contributed by atoms with van der Waals surface area (Å²) in [7, 11) is 1.67. The third-order valence-corrected chi connectivity index (χ3v) is 2.50. The van der Waals surface area contributed by atoms with Crippen molar-refractivity contribution in [2.75, 3.05) is 13.7 Å². The van der Waals surface area contributed by atoms with Crippen LogP contribution in [0.4, 0.5) is 0 Å². The molecule has 6 heteroatoms. The zero-order valence-corrected chi connectivity index (χ0v) is 10.3. The Morgan fingerprint density at radius 1 is 1.39 bits per heavy atom. The maximum atomic E-state index is 5.51. The zero-order chi connectivity index (χ0) is 12.8. The molecular formula is C12H16N4O2. The third kappa shape index (κ3) is 3.12. The number of methoxy groups -OCH3 is 1. The smallest absolute Gasteiger partial charge is 0.276 e. The molecule has 0 radical (unpaired) electrons. The summed E-state index contributed by atoms with van der Waals surface area (Å²) in [5.41, 5.74) is 7.14. The Bertz CT molecular complexity index is 481. The fraction of sp³-hybridized carbons (Fsp3) is 0.417. The molecule has 2 N–H and O–H groups in total. The summed E-state index contributed by atoms with van der Waals surface area (Å²) in [4.78, 5) is 8.51. The van der Waals surface area contributed by atoms with Gasteiger partial charge in [-0.05, 0) is 18.1 Å². The van der Waals surface area contributed by atoms with Gasteiger partial charge in [-0.2, -0.15) is 4.98 Å². The van der Waals surface area contributed by atoms with Crippen molar-refractivity contribution in [2.45, 2.75) is 19.4 Å². The van der Waals surface area contributed by atoms with Gasteiger partial charge in [-0.1, -0.05) is 11.2 Å². The van der Waals surface area contributed by atoms with Gasteiger partial charge < -0.3 is 15.0 Å². The van der Waals surface area contributed by atoms with Crippen molar-refractivity contribution in [3.8, 4) is 11.6 Å². The maximum Gasteiger partial charge on any atom is 0.276 e. The van der Waals surface area contributed by atoms with Crippen LogP contribution >= 0.6 is 0 Å². The minimum Gasteiger partial charge on any atom is -0.385 e. The number of hydrogen-bond acceptors (Lipinski definition) is 6. The Labute approximate surface area is 105 Å². The summed E-state index contributed by atoms with van der Waals surface area (Å²) in [5.74, 6) is 1.11. The number of rotatable bonds is 6. The molecule has 0 atom stereocenters. The molecule has 6 nitrogen and oxygen atoms in total. The lowest BCUT2D eigenvalue weighted by Crippen LogP contribution is -1.97. The zero-order valence-electron chi connectivity index (χ0n) is 10.3. The summed E-state index contributed by atoms with van der Waals surface area (Å²) in [6.07, 6.45) is 3.32. The molecule has 0 aromatic carbocycles. The first-order chi connectivity index (χ1) is 8.83. The molecule has 0 amide bonds. The molecule has 0 aliphatic rings. The monoisotopic (exact) mass is 248 g/mol. The standard InChI is InChI=1S/C12H16N4O2/c1-17-6-2-3-11-15-12(18-16-11)10-5-4-9(7-13)8-14-10/h4-5,8H,2-3,6-7,13H2,1H3. The van der Waals surface area contributed by atoms with E-state index in [4.69, 9.17) is 15.0 Å². The van der Waals surface area contributed by atoms with Gasteiger partial charge in [0.25, 0.3) is 5.89 Å². The van der Waals surface area contributed by atoms with Crippen LogP contribution in [0.3, 0.4) is 0 Å². The van der Waals surface area contributed by atoms with E-state index in [1.54, 1.807) is 13.3 Å². The molecule has 2 heterocycles. The van der Waals surface area contributed by atoms with Crippen LogP contribution in [0.15, 0.2) is 22.9 Å². The molecule has 2 aromatic rings. The molecular weight excluding hydrogens is 232 g/mol. The highest BCUT2D eigenvalue weighted by molar-refractivity contribution is 5.46. The molecule has 2 aromatic heterocycles. The van der Waals surface area contributed by atoms with E-state index in [0.717, 1.165) is 18.4 Å². The largest absolute Gasteiger partial charge is 0.385 e. The number of nitrogens with two attached hydrogens (primary N) is 1. The average molecular weight is 248 g/mol. The van der Waals surface area contributed by atoms with Crippen molar-refractivity contribution in [3.05, 3.63) is 29.7 Å². The Morgan fingerprint density at radius 3 is 2.94 bits per heavy atom. The van der Waals surface area contributed by atoms with E-state index in [1.807, 2.05) is 12.1 Å². The topological polar surface area (TPSA) is 87.1 Å². The van der Waals surface area contributed by atoms with Gasteiger partial charge in [0.2, 0.25) is 0 Å². The van der Waals surface area contributed by atoms with Gasteiger partial charge in [-0.3, -0.25) is 4.98 Å². The number of pyridine rings is 1. The number of aromatic nitrogens is 3. The molecule has 0 aliphatic heterocycles. The normalized spacial score (nSPS) is 10.8. The van der Waals surface area contributed by atoms with Gasteiger partial charge in [0.05, 0.1) is 0 Å². The molecule has 0 spiro atoms. The molecule has 96 valence electrons. The third-order valence-electron chi connectivity index (χ3n) is 2.50. The summed E-state index contributed by atoms with van der Waals surface area (Å²) in [5, 5.41) is 3.90. The van der Waals surface area contributed by atoms with Gasteiger partial charge >= 0.3 is 0 Å². The van der Waals surface area contributed by atoms with E-state index in [-0.39, 0.29) is 0 Å². The second-order valence-electron chi connectivity index (χ2n) is 3.87. The Balaban J connectivity index is 2.04. The number of nitrogens with zero attached hydrogens (tertiary/aromatic N) is 3. The van der Waals surface area contributed by atoms with Gasteiger partial charge in [0, 0.05) is 32.9 Å². The molecule has 0 bridgehead atoms. The van der Waals surface area contributed by atoms with Crippen LogP contribution in [0.2, 0.25) is 0 Å². The van der Waals surface area contributed by atoms with Crippen LogP contribution in [-0.2, 0) is 17.7 Å². The molecule has 0 saturated heterocycles. The fourth-order valence-electron chi connectivity index (χ4n) is 1.51. The lowest BCUT2D eigenvalue weighted by molar-refractivity contribution is 0.194. The maximum absolute atomic E-state index is 5.51. The minimum absolute atomic E-state index is 0.436. The molecule has 18 heavy (non-hydrogen) atoms. The number of ether oxygens (including phenoxy) is 1. The lowest BCUT2D eigenvalue weighted by atomic mass is 10.2. The summed E-state index contributed by atoms with van der Waals surface area (Å²) in [6, 6.07) is 3.73. The van der Waals surface area contributed by atoms with Crippen LogP contribution in [0.1, 0.15) is 17.8 Å². The van der Waals surface area contributed by atoms with Crippen LogP contribution in [0.25, 0.3) is 11.6 Å². The van der Waals surface area contributed by atoms with Crippen LogP contribution in [-0.4, -0.2) is 28.8 Å². The molecule has 0 aliphatic carbocycles. The van der Waals surface area contributed by atoms with Crippen LogP contribution in [0.5, 0.6) is 0 Å². The summed E-state index contributed by atoms with van der Waals surface area (Å²) < 4.78 is 10.1. The van der Waals surface area contributed by atoms with E-state index in [1.165, 1.54) is 0 Å². The molecule has 0 fully saturated rings. The van der Waals surface area contributed by atoms with Crippen molar-refractivity contribution in [2.24, 2.45) is 5.73 Å². The molecule has 0 unspecified atom stereocenters. The van der Waals surface area contributed by atoms with Crippen molar-refractivity contribution >= 4 is 0 Å². The highest BCUT2D eigenvalue weighted by Gasteiger charge is 2.09. The first-order valence-corrected chi connectivity index (χ1v) is 5.80. The fourth-order valence-corrected chi connectivity index (χ4v) is 1.51. The van der Waals surface area contributed by atoms with Crippen LogP contribution < -0.4 is 5.73 Å². The van der Waals surface area contributed by atoms with E-state index < -0.39 is 0 Å².